The van der Waals surface area contributed by atoms with Gasteiger partial charge in [0.25, 0.3) is 0 Å². The molecule has 0 unspecified atom stereocenters. The number of hydrogen-bond donors (Lipinski definition) is 0. The van der Waals surface area contributed by atoms with Gasteiger partial charge in [0.2, 0.25) is 5.96 Å². The Bertz CT molecular complexity index is 398. The lowest BCUT2D eigenvalue weighted by Crippen LogP contribution is -2.37. The molecule has 0 heterocycles. The fraction of sp³-hybridized carbons (Fsp3) is 0.500. The van der Waals surface area contributed by atoms with Crippen molar-refractivity contribution >= 4 is 12.7 Å². The summed E-state index contributed by atoms with van der Waals surface area (Å²) in [6, 6.07) is 0.515. The summed E-state index contributed by atoms with van der Waals surface area (Å²) < 4.78 is 0. The van der Waals surface area contributed by atoms with E-state index in [1.54, 1.807) is 0 Å². The van der Waals surface area contributed by atoms with Crippen molar-refractivity contribution in [1.29, 1.82) is 0 Å². The molecule has 3 nitrogen and oxygen atoms in total. The van der Waals surface area contributed by atoms with E-state index in [0.29, 0.717) is 17.7 Å². The SMILES string of the molecule is C=NC(=NC(=C)C(=C)/C=C\C)N(C)C1CCCCC1. The molecule has 19 heavy (non-hydrogen) atoms. The number of allylic oxidation sites excluding steroid dienone is 2. The van der Waals surface area contributed by atoms with Crippen LogP contribution in [-0.4, -0.2) is 30.7 Å². The Kier molecular flexibility index (Phi) is 6.26. The van der Waals surface area contributed by atoms with Crippen molar-refractivity contribution in [2.24, 2.45) is 9.98 Å². The van der Waals surface area contributed by atoms with Crippen LogP contribution in [0.4, 0.5) is 0 Å². The molecule has 1 saturated carbocycles. The lowest BCUT2D eigenvalue weighted by atomic mass is 9.95. The fourth-order valence-electron chi connectivity index (χ4n) is 2.35. The number of guanidine groups is 1. The number of aliphatic imine (C=N–C) groups is 2. The average Bonchev–Trinajstić information content (AvgIpc) is 2.45. The predicted octanol–water partition coefficient (Wildman–Crippen LogP) is 3.95. The first-order chi connectivity index (χ1) is 9.10. The largest absolute Gasteiger partial charge is 0.341 e. The smallest absolute Gasteiger partial charge is 0.225 e. The topological polar surface area (TPSA) is 28.0 Å². The molecule has 0 aromatic carbocycles. The van der Waals surface area contributed by atoms with Gasteiger partial charge in [-0.1, -0.05) is 44.6 Å². The van der Waals surface area contributed by atoms with Crippen molar-refractivity contribution in [1.82, 2.24) is 4.90 Å². The molecule has 0 radical (unpaired) electrons. The predicted molar refractivity (Wildman–Crippen MR) is 84.7 cm³/mol. The van der Waals surface area contributed by atoms with Crippen molar-refractivity contribution in [3.05, 3.63) is 36.6 Å². The maximum Gasteiger partial charge on any atom is 0.225 e. The van der Waals surface area contributed by atoms with Crippen LogP contribution in [0.5, 0.6) is 0 Å². The van der Waals surface area contributed by atoms with E-state index >= 15 is 0 Å². The highest BCUT2D eigenvalue weighted by molar-refractivity contribution is 5.85. The summed E-state index contributed by atoms with van der Waals surface area (Å²) in [7, 11) is 2.04. The summed E-state index contributed by atoms with van der Waals surface area (Å²) >= 11 is 0. The highest BCUT2D eigenvalue weighted by Gasteiger charge is 2.20. The van der Waals surface area contributed by atoms with Crippen molar-refractivity contribution < 1.29 is 0 Å². The van der Waals surface area contributed by atoms with Gasteiger partial charge in [0.05, 0.1) is 5.70 Å². The van der Waals surface area contributed by atoms with Crippen LogP contribution in [0.2, 0.25) is 0 Å². The lowest BCUT2D eigenvalue weighted by Gasteiger charge is -2.31. The maximum absolute atomic E-state index is 4.46. The highest BCUT2D eigenvalue weighted by atomic mass is 15.3. The Morgan fingerprint density at radius 3 is 2.37 bits per heavy atom. The van der Waals surface area contributed by atoms with E-state index < -0.39 is 0 Å². The van der Waals surface area contributed by atoms with E-state index in [0.717, 1.165) is 5.57 Å². The van der Waals surface area contributed by atoms with E-state index in [2.05, 4.69) is 34.8 Å². The second-order valence-electron chi connectivity index (χ2n) is 4.94. The first kappa shape index (κ1) is 15.4. The summed E-state index contributed by atoms with van der Waals surface area (Å²) in [5.74, 6) is 0.641. The molecule has 0 aromatic rings. The van der Waals surface area contributed by atoms with Gasteiger partial charge in [0, 0.05) is 13.1 Å². The molecule has 3 heteroatoms. The minimum atomic E-state index is 0.515. The molecular formula is C16H25N3. The third-order valence-electron chi connectivity index (χ3n) is 3.55. The Labute approximate surface area is 117 Å². The van der Waals surface area contributed by atoms with Crippen LogP contribution < -0.4 is 0 Å². The van der Waals surface area contributed by atoms with Gasteiger partial charge in [-0.25, -0.2) is 9.98 Å². The molecule has 0 bridgehead atoms. The van der Waals surface area contributed by atoms with Crippen molar-refractivity contribution in [2.45, 2.75) is 45.1 Å². The molecule has 0 atom stereocenters. The molecule has 0 aromatic heterocycles. The van der Waals surface area contributed by atoms with Crippen LogP contribution in [0, 0.1) is 0 Å². The van der Waals surface area contributed by atoms with Gasteiger partial charge in [0.1, 0.15) is 0 Å². The van der Waals surface area contributed by atoms with E-state index in [9.17, 15) is 0 Å². The summed E-state index contributed by atoms with van der Waals surface area (Å²) in [5.41, 5.74) is 1.45. The van der Waals surface area contributed by atoms with Crippen molar-refractivity contribution in [3.8, 4) is 0 Å². The molecule has 0 amide bonds. The van der Waals surface area contributed by atoms with Gasteiger partial charge in [-0.05, 0) is 32.1 Å². The van der Waals surface area contributed by atoms with Crippen LogP contribution in [0.3, 0.4) is 0 Å². The van der Waals surface area contributed by atoms with Crippen molar-refractivity contribution in [2.75, 3.05) is 7.05 Å². The van der Waals surface area contributed by atoms with Gasteiger partial charge < -0.3 is 4.90 Å². The van der Waals surface area contributed by atoms with E-state index in [4.69, 9.17) is 0 Å². The highest BCUT2D eigenvalue weighted by Crippen LogP contribution is 2.22. The summed E-state index contributed by atoms with van der Waals surface area (Å²) in [6.07, 6.45) is 10.1. The zero-order chi connectivity index (χ0) is 14.3. The van der Waals surface area contributed by atoms with Gasteiger partial charge in [-0.15, -0.1) is 0 Å². The summed E-state index contributed by atoms with van der Waals surface area (Å²) in [6.45, 7) is 13.4. The number of hydrogen-bond acceptors (Lipinski definition) is 1. The molecule has 0 spiro atoms. The van der Waals surface area contributed by atoms with Gasteiger partial charge >= 0.3 is 0 Å². The number of rotatable bonds is 4. The monoisotopic (exact) mass is 259 g/mol. The number of nitrogens with zero attached hydrogens (tertiary/aromatic N) is 3. The molecule has 0 saturated heterocycles. The van der Waals surface area contributed by atoms with Crippen LogP contribution >= 0.6 is 0 Å². The molecule has 1 fully saturated rings. The molecule has 1 rings (SSSR count). The van der Waals surface area contributed by atoms with E-state index in [-0.39, 0.29) is 0 Å². The summed E-state index contributed by atoms with van der Waals surface area (Å²) in [5, 5.41) is 0. The zero-order valence-corrected chi connectivity index (χ0v) is 12.2. The first-order valence-electron chi connectivity index (χ1n) is 6.89. The Balaban J connectivity index is 2.77. The van der Waals surface area contributed by atoms with Crippen LogP contribution in [-0.2, 0) is 0 Å². The standard InChI is InChI=1S/C16H25N3/c1-6-10-13(2)14(3)18-16(17-4)19(5)15-11-8-7-9-12-15/h6,10,15H,2-4,7-9,11-12H2,1,5H3/b10-6-,18-16?. The second-order valence-corrected chi connectivity index (χ2v) is 4.94. The molecule has 0 aliphatic heterocycles. The minimum absolute atomic E-state index is 0.515. The summed E-state index contributed by atoms with van der Waals surface area (Å²) in [4.78, 5) is 10.6. The van der Waals surface area contributed by atoms with E-state index in [1.165, 1.54) is 32.1 Å². The van der Waals surface area contributed by atoms with Gasteiger partial charge in [0.15, 0.2) is 0 Å². The van der Waals surface area contributed by atoms with Crippen molar-refractivity contribution in [3.63, 3.8) is 0 Å². The maximum atomic E-state index is 4.46. The second kappa shape index (κ2) is 7.72. The zero-order valence-electron chi connectivity index (χ0n) is 12.2. The van der Waals surface area contributed by atoms with Crippen LogP contribution in [0.1, 0.15) is 39.0 Å². The van der Waals surface area contributed by atoms with Gasteiger partial charge in [-0.2, -0.15) is 0 Å². The molecule has 0 N–H and O–H groups in total. The first-order valence-corrected chi connectivity index (χ1v) is 6.89. The Morgan fingerprint density at radius 1 is 1.21 bits per heavy atom. The van der Waals surface area contributed by atoms with Gasteiger partial charge in [-0.3, -0.25) is 0 Å². The normalized spacial score (nSPS) is 17.5. The molecule has 104 valence electrons. The lowest BCUT2D eigenvalue weighted by molar-refractivity contribution is 0.276. The fourth-order valence-corrected chi connectivity index (χ4v) is 2.35. The van der Waals surface area contributed by atoms with E-state index in [1.807, 2.05) is 26.1 Å². The molecular weight excluding hydrogens is 234 g/mol. The average molecular weight is 259 g/mol. The molecule has 1 aliphatic carbocycles. The Morgan fingerprint density at radius 2 is 1.84 bits per heavy atom. The minimum Gasteiger partial charge on any atom is -0.341 e. The quantitative estimate of drug-likeness (QED) is 0.427. The third kappa shape index (κ3) is 4.51. The third-order valence-corrected chi connectivity index (χ3v) is 3.55. The van der Waals surface area contributed by atoms with Crippen LogP contribution in [0.25, 0.3) is 0 Å². The van der Waals surface area contributed by atoms with Crippen LogP contribution in [0.15, 0.2) is 46.6 Å². The Hall–Kier alpha value is -1.64. The molecule has 1 aliphatic rings.